The third-order valence-electron chi connectivity index (χ3n) is 4.26. The highest BCUT2D eigenvalue weighted by molar-refractivity contribution is 6.43. The van der Waals surface area contributed by atoms with Crippen LogP contribution in [0.1, 0.15) is 17.2 Å². The lowest BCUT2D eigenvalue weighted by Gasteiger charge is -2.36. The quantitative estimate of drug-likeness (QED) is 0.633. The molecule has 1 atom stereocenters. The Morgan fingerprint density at radius 3 is 2.22 bits per heavy atom. The summed E-state index contributed by atoms with van der Waals surface area (Å²) in [6.07, 6.45) is -4.73. The van der Waals surface area contributed by atoms with E-state index in [0.717, 1.165) is 31.7 Å². The minimum Gasteiger partial charge on any atom is -0.406 e. The van der Waals surface area contributed by atoms with Crippen LogP contribution in [0.5, 0.6) is 5.75 Å². The van der Waals surface area contributed by atoms with E-state index in [0.29, 0.717) is 20.6 Å². The third-order valence-corrected chi connectivity index (χ3v) is 5.30. The second-order valence-electron chi connectivity index (χ2n) is 6.10. The molecule has 0 unspecified atom stereocenters. The van der Waals surface area contributed by atoms with Crippen LogP contribution in [-0.2, 0) is 0 Å². The molecule has 1 fully saturated rings. The van der Waals surface area contributed by atoms with E-state index in [1.807, 2.05) is 0 Å². The van der Waals surface area contributed by atoms with Crippen LogP contribution in [0, 0.1) is 0 Å². The first-order chi connectivity index (χ1) is 12.7. The fourth-order valence-corrected chi connectivity index (χ4v) is 3.88. The second-order valence-corrected chi connectivity index (χ2v) is 7.32. The number of piperazine rings is 1. The number of hydrogen-bond donors (Lipinski definition) is 1. The van der Waals surface area contributed by atoms with E-state index in [4.69, 9.17) is 34.8 Å². The normalized spacial score (nSPS) is 17.0. The summed E-state index contributed by atoms with van der Waals surface area (Å²) in [5.41, 5.74) is 1.48. The molecular formula is C18H16Cl3F3N2O. The van der Waals surface area contributed by atoms with Gasteiger partial charge in [-0.15, -0.1) is 13.2 Å². The number of hydrogen-bond acceptors (Lipinski definition) is 3. The standard InChI is InChI=1S/C18H16Cl3F3N2O/c19-12-9-14(16(21)15(20)10-12)17(26-7-5-25-6-8-26)11-1-3-13(4-2-11)27-18(22,23)24/h1-4,9-10,17,25H,5-8H2/t17-/m0/s1. The van der Waals surface area contributed by atoms with Crippen molar-refractivity contribution in [1.29, 1.82) is 0 Å². The van der Waals surface area contributed by atoms with Gasteiger partial charge in [0.2, 0.25) is 0 Å². The molecule has 0 bridgehead atoms. The lowest BCUT2D eigenvalue weighted by Crippen LogP contribution is -2.45. The number of ether oxygens (including phenoxy) is 1. The molecule has 0 saturated carbocycles. The van der Waals surface area contributed by atoms with E-state index >= 15 is 0 Å². The number of benzene rings is 2. The van der Waals surface area contributed by atoms with E-state index < -0.39 is 6.36 Å². The molecule has 1 saturated heterocycles. The molecule has 2 aromatic rings. The van der Waals surface area contributed by atoms with Gasteiger partial charge in [-0.1, -0.05) is 46.9 Å². The van der Waals surface area contributed by atoms with E-state index in [1.54, 1.807) is 24.3 Å². The van der Waals surface area contributed by atoms with Crippen LogP contribution in [0.2, 0.25) is 15.1 Å². The number of rotatable bonds is 4. The van der Waals surface area contributed by atoms with Crippen molar-refractivity contribution >= 4 is 34.8 Å². The molecule has 0 amide bonds. The molecule has 1 N–H and O–H groups in total. The average molecular weight is 440 g/mol. The summed E-state index contributed by atoms with van der Waals surface area (Å²) in [6, 6.07) is 8.77. The highest BCUT2D eigenvalue weighted by atomic mass is 35.5. The van der Waals surface area contributed by atoms with E-state index in [9.17, 15) is 13.2 Å². The Labute approximate surface area is 170 Å². The van der Waals surface area contributed by atoms with Gasteiger partial charge in [0.05, 0.1) is 16.1 Å². The summed E-state index contributed by atoms with van der Waals surface area (Å²) >= 11 is 18.8. The Morgan fingerprint density at radius 1 is 1.00 bits per heavy atom. The Hall–Kier alpha value is -1.18. The second kappa shape index (κ2) is 8.45. The van der Waals surface area contributed by atoms with Crippen LogP contribution in [0.3, 0.4) is 0 Å². The maximum Gasteiger partial charge on any atom is 0.573 e. The van der Waals surface area contributed by atoms with Gasteiger partial charge in [0, 0.05) is 31.2 Å². The lowest BCUT2D eigenvalue weighted by molar-refractivity contribution is -0.274. The van der Waals surface area contributed by atoms with E-state index in [1.165, 1.54) is 12.1 Å². The molecule has 2 aromatic carbocycles. The maximum atomic E-state index is 12.4. The lowest BCUT2D eigenvalue weighted by atomic mass is 9.96. The SMILES string of the molecule is FC(F)(F)Oc1ccc([C@@H](c2cc(Cl)cc(Cl)c2Cl)N2CCNCC2)cc1. The van der Waals surface area contributed by atoms with Gasteiger partial charge in [0.25, 0.3) is 0 Å². The first kappa shape index (κ1) is 20.6. The zero-order chi connectivity index (χ0) is 19.6. The van der Waals surface area contributed by atoms with Gasteiger partial charge in [-0.05, 0) is 35.4 Å². The molecule has 0 radical (unpaired) electrons. The first-order valence-corrected chi connectivity index (χ1v) is 9.33. The zero-order valence-corrected chi connectivity index (χ0v) is 16.3. The van der Waals surface area contributed by atoms with Crippen molar-refractivity contribution in [2.24, 2.45) is 0 Å². The van der Waals surface area contributed by atoms with Crippen molar-refractivity contribution in [3.8, 4) is 5.75 Å². The van der Waals surface area contributed by atoms with Gasteiger partial charge in [-0.2, -0.15) is 0 Å². The molecule has 0 aromatic heterocycles. The number of nitrogens with one attached hydrogen (secondary N) is 1. The van der Waals surface area contributed by atoms with Crippen LogP contribution in [0.15, 0.2) is 36.4 Å². The van der Waals surface area contributed by atoms with Crippen LogP contribution >= 0.6 is 34.8 Å². The predicted octanol–water partition coefficient (Wildman–Crippen LogP) is 5.54. The summed E-state index contributed by atoms with van der Waals surface area (Å²) in [5, 5.41) is 4.42. The van der Waals surface area contributed by atoms with Crippen molar-refractivity contribution in [2.45, 2.75) is 12.4 Å². The van der Waals surface area contributed by atoms with Crippen molar-refractivity contribution in [3.63, 3.8) is 0 Å². The predicted molar refractivity (Wildman–Crippen MR) is 101 cm³/mol. The van der Waals surface area contributed by atoms with Gasteiger partial charge in [0.15, 0.2) is 0 Å². The molecule has 1 aliphatic rings. The first-order valence-electron chi connectivity index (χ1n) is 8.19. The Kier molecular flexibility index (Phi) is 6.43. The number of alkyl halides is 3. The fraction of sp³-hybridized carbons (Fsp3) is 0.333. The highest BCUT2D eigenvalue weighted by Gasteiger charge is 2.31. The third kappa shape index (κ3) is 5.21. The van der Waals surface area contributed by atoms with Gasteiger partial charge < -0.3 is 10.1 Å². The van der Waals surface area contributed by atoms with Gasteiger partial charge in [-0.25, -0.2) is 0 Å². The fourth-order valence-electron chi connectivity index (χ4n) is 3.15. The minimum absolute atomic E-state index is 0.277. The van der Waals surface area contributed by atoms with Crippen LogP contribution < -0.4 is 10.1 Å². The van der Waals surface area contributed by atoms with Crippen LogP contribution in [-0.4, -0.2) is 37.4 Å². The molecular weight excluding hydrogens is 424 g/mol. The van der Waals surface area contributed by atoms with Crippen molar-refractivity contribution in [2.75, 3.05) is 26.2 Å². The number of nitrogens with zero attached hydrogens (tertiary/aromatic N) is 1. The zero-order valence-electron chi connectivity index (χ0n) is 14.0. The van der Waals surface area contributed by atoms with E-state index in [-0.39, 0.29) is 11.8 Å². The molecule has 1 heterocycles. The minimum atomic E-state index is -4.73. The van der Waals surface area contributed by atoms with Crippen molar-refractivity contribution < 1.29 is 17.9 Å². The highest BCUT2D eigenvalue weighted by Crippen LogP contribution is 2.39. The average Bonchev–Trinajstić information content (AvgIpc) is 2.60. The Morgan fingerprint density at radius 2 is 1.63 bits per heavy atom. The van der Waals surface area contributed by atoms with Crippen molar-refractivity contribution in [3.05, 3.63) is 62.6 Å². The van der Waals surface area contributed by atoms with Gasteiger partial charge in [-0.3, -0.25) is 4.90 Å². The van der Waals surface area contributed by atoms with Crippen LogP contribution in [0.4, 0.5) is 13.2 Å². The summed E-state index contributed by atoms with van der Waals surface area (Å²) in [4.78, 5) is 2.18. The maximum absolute atomic E-state index is 12.4. The number of halogens is 6. The molecule has 3 rings (SSSR count). The Bertz CT molecular complexity index is 794. The van der Waals surface area contributed by atoms with Crippen LogP contribution in [0.25, 0.3) is 0 Å². The summed E-state index contributed by atoms with van der Waals surface area (Å²) < 4.78 is 41.2. The molecule has 27 heavy (non-hydrogen) atoms. The topological polar surface area (TPSA) is 24.5 Å². The summed E-state index contributed by atoms with van der Waals surface area (Å²) in [6.45, 7) is 3.06. The largest absolute Gasteiger partial charge is 0.573 e. The smallest absolute Gasteiger partial charge is 0.406 e. The van der Waals surface area contributed by atoms with Crippen molar-refractivity contribution in [1.82, 2.24) is 10.2 Å². The summed E-state index contributed by atoms with van der Waals surface area (Å²) in [7, 11) is 0. The summed E-state index contributed by atoms with van der Waals surface area (Å²) in [5.74, 6) is -0.277. The molecule has 3 nitrogen and oxygen atoms in total. The molecule has 0 spiro atoms. The van der Waals surface area contributed by atoms with Gasteiger partial charge in [0.1, 0.15) is 5.75 Å². The monoisotopic (exact) mass is 438 g/mol. The molecule has 1 aliphatic heterocycles. The van der Waals surface area contributed by atoms with E-state index in [2.05, 4.69) is 15.0 Å². The molecule has 146 valence electrons. The molecule has 9 heteroatoms. The Balaban J connectivity index is 2.00. The van der Waals surface area contributed by atoms with Gasteiger partial charge >= 0.3 is 6.36 Å². The molecule has 0 aliphatic carbocycles.